The topological polar surface area (TPSA) is 32.5 Å². The molecule has 0 atom stereocenters. The molecule has 0 aromatic carbocycles. The van der Waals surface area contributed by atoms with Crippen LogP contribution in [0.25, 0.3) is 0 Å². The Bertz CT molecular complexity index is 271. The second-order valence-electron chi connectivity index (χ2n) is 6.87. The molecule has 0 bridgehead atoms. The largest absolute Gasteiger partial charge is 0.329 e. The lowest BCUT2D eigenvalue weighted by Gasteiger charge is -2.50. The molecule has 3 fully saturated rings. The number of rotatable bonds is 3. The number of nitrogens with two attached hydrogens (primary N) is 1. The Morgan fingerprint density at radius 1 is 1.00 bits per heavy atom. The van der Waals surface area contributed by atoms with Crippen molar-refractivity contribution < 1.29 is 0 Å². The van der Waals surface area contributed by atoms with Crippen LogP contribution in [-0.4, -0.2) is 54.1 Å². The van der Waals surface area contributed by atoms with Crippen molar-refractivity contribution >= 4 is 0 Å². The molecule has 2 aliphatic carbocycles. The van der Waals surface area contributed by atoms with Gasteiger partial charge in [0.2, 0.25) is 0 Å². The maximum atomic E-state index is 6.17. The van der Waals surface area contributed by atoms with Crippen LogP contribution < -0.4 is 5.73 Å². The summed E-state index contributed by atoms with van der Waals surface area (Å²) in [6, 6.07) is 0.937. The highest BCUT2D eigenvalue weighted by Crippen LogP contribution is 2.37. The van der Waals surface area contributed by atoms with Crippen LogP contribution in [0.3, 0.4) is 0 Å². The molecule has 1 saturated heterocycles. The monoisotopic (exact) mass is 251 g/mol. The summed E-state index contributed by atoms with van der Waals surface area (Å²) in [6.45, 7) is 8.32. The Balaban J connectivity index is 1.58. The van der Waals surface area contributed by atoms with Crippen molar-refractivity contribution in [2.75, 3.05) is 32.7 Å². The van der Waals surface area contributed by atoms with Crippen molar-refractivity contribution in [2.24, 2.45) is 11.7 Å². The first-order chi connectivity index (χ1) is 8.73. The summed E-state index contributed by atoms with van der Waals surface area (Å²) in [7, 11) is 0. The summed E-state index contributed by atoms with van der Waals surface area (Å²) in [4.78, 5) is 5.43. The average molecular weight is 251 g/mol. The van der Waals surface area contributed by atoms with Crippen LogP contribution in [0, 0.1) is 5.92 Å². The van der Waals surface area contributed by atoms with Gasteiger partial charge in [0, 0.05) is 44.3 Å². The maximum Gasteiger partial charge on any atom is 0.0333 e. The van der Waals surface area contributed by atoms with Crippen LogP contribution in [-0.2, 0) is 0 Å². The number of hydrogen-bond donors (Lipinski definition) is 1. The first kappa shape index (κ1) is 12.9. The summed E-state index contributed by atoms with van der Waals surface area (Å²) in [5.41, 5.74) is 6.52. The van der Waals surface area contributed by atoms with E-state index in [0.29, 0.717) is 5.54 Å². The van der Waals surface area contributed by atoms with Crippen LogP contribution in [0.1, 0.15) is 45.4 Å². The Kier molecular flexibility index (Phi) is 3.65. The zero-order valence-corrected chi connectivity index (χ0v) is 11.9. The van der Waals surface area contributed by atoms with E-state index in [9.17, 15) is 0 Å². The maximum absolute atomic E-state index is 6.17. The molecule has 0 unspecified atom stereocenters. The molecule has 2 saturated carbocycles. The molecular weight excluding hydrogens is 222 g/mol. The Labute approximate surface area is 112 Å². The molecule has 0 spiro atoms. The van der Waals surface area contributed by atoms with Gasteiger partial charge in [-0.15, -0.1) is 0 Å². The van der Waals surface area contributed by atoms with Crippen molar-refractivity contribution in [3.05, 3.63) is 0 Å². The first-order valence-corrected chi connectivity index (χ1v) is 7.93. The van der Waals surface area contributed by atoms with Gasteiger partial charge in [-0.1, -0.05) is 6.92 Å². The van der Waals surface area contributed by atoms with Crippen LogP contribution in [0.2, 0.25) is 0 Å². The molecule has 3 aliphatic rings. The molecule has 3 rings (SSSR count). The van der Waals surface area contributed by atoms with Crippen LogP contribution >= 0.6 is 0 Å². The van der Waals surface area contributed by atoms with Gasteiger partial charge in [-0.25, -0.2) is 0 Å². The van der Waals surface area contributed by atoms with E-state index >= 15 is 0 Å². The van der Waals surface area contributed by atoms with E-state index in [-0.39, 0.29) is 0 Å². The molecular formula is C15H29N3. The molecule has 0 radical (unpaired) electrons. The highest BCUT2D eigenvalue weighted by atomic mass is 15.3. The normalized spacial score (nSPS) is 40.0. The predicted octanol–water partition coefficient (Wildman–Crippen LogP) is 1.67. The highest BCUT2D eigenvalue weighted by Gasteiger charge is 2.41. The van der Waals surface area contributed by atoms with E-state index < -0.39 is 0 Å². The fraction of sp³-hybridized carbons (Fsp3) is 1.00. The van der Waals surface area contributed by atoms with Crippen LogP contribution in [0.5, 0.6) is 0 Å². The van der Waals surface area contributed by atoms with Gasteiger partial charge in [0.15, 0.2) is 0 Å². The molecule has 2 N–H and O–H groups in total. The van der Waals surface area contributed by atoms with Crippen molar-refractivity contribution in [3.63, 3.8) is 0 Å². The third-order valence-electron chi connectivity index (χ3n) is 5.63. The molecule has 104 valence electrons. The molecule has 0 aromatic heterocycles. The number of piperazine rings is 1. The second-order valence-corrected chi connectivity index (χ2v) is 6.87. The van der Waals surface area contributed by atoms with Crippen molar-refractivity contribution in [1.29, 1.82) is 0 Å². The van der Waals surface area contributed by atoms with Gasteiger partial charge in [0.25, 0.3) is 0 Å². The van der Waals surface area contributed by atoms with E-state index in [2.05, 4.69) is 16.7 Å². The fourth-order valence-corrected chi connectivity index (χ4v) is 3.95. The van der Waals surface area contributed by atoms with E-state index in [1.54, 1.807) is 0 Å². The predicted molar refractivity (Wildman–Crippen MR) is 75.6 cm³/mol. The standard InChI is InChI=1S/C15H29N3/c1-13-4-6-15(12-16,7-5-13)18-10-8-17(9-11-18)14-2-3-14/h13-14H,2-12,16H2,1H3. The van der Waals surface area contributed by atoms with Crippen molar-refractivity contribution in [3.8, 4) is 0 Å². The van der Waals surface area contributed by atoms with E-state index in [1.807, 2.05) is 0 Å². The van der Waals surface area contributed by atoms with E-state index in [1.165, 1.54) is 64.7 Å². The number of hydrogen-bond acceptors (Lipinski definition) is 3. The fourth-order valence-electron chi connectivity index (χ4n) is 3.95. The summed E-state index contributed by atoms with van der Waals surface area (Å²) >= 11 is 0. The Morgan fingerprint density at radius 3 is 2.11 bits per heavy atom. The number of nitrogens with zero attached hydrogens (tertiary/aromatic N) is 2. The molecule has 0 aromatic rings. The lowest BCUT2D eigenvalue weighted by Crippen LogP contribution is -2.61. The molecule has 1 aliphatic heterocycles. The quantitative estimate of drug-likeness (QED) is 0.828. The van der Waals surface area contributed by atoms with E-state index in [4.69, 9.17) is 5.73 Å². The van der Waals surface area contributed by atoms with Gasteiger partial charge in [-0.05, 0) is 44.4 Å². The summed E-state index contributed by atoms with van der Waals surface area (Å²) in [5, 5.41) is 0. The lowest BCUT2D eigenvalue weighted by atomic mass is 9.75. The summed E-state index contributed by atoms with van der Waals surface area (Å²) < 4.78 is 0. The minimum Gasteiger partial charge on any atom is -0.329 e. The van der Waals surface area contributed by atoms with Gasteiger partial charge >= 0.3 is 0 Å². The Morgan fingerprint density at radius 2 is 1.61 bits per heavy atom. The van der Waals surface area contributed by atoms with Gasteiger partial charge in [0.05, 0.1) is 0 Å². The third-order valence-corrected chi connectivity index (χ3v) is 5.63. The van der Waals surface area contributed by atoms with Crippen LogP contribution in [0.15, 0.2) is 0 Å². The summed E-state index contributed by atoms with van der Waals surface area (Å²) in [5.74, 6) is 0.914. The molecule has 0 amide bonds. The van der Waals surface area contributed by atoms with Crippen molar-refractivity contribution in [2.45, 2.75) is 57.0 Å². The second kappa shape index (κ2) is 5.10. The van der Waals surface area contributed by atoms with Gasteiger partial charge < -0.3 is 5.73 Å². The first-order valence-electron chi connectivity index (χ1n) is 7.93. The molecule has 3 nitrogen and oxygen atoms in total. The summed E-state index contributed by atoms with van der Waals surface area (Å²) in [6.07, 6.45) is 8.29. The van der Waals surface area contributed by atoms with Crippen molar-refractivity contribution in [1.82, 2.24) is 9.80 Å². The minimum atomic E-state index is 0.349. The SMILES string of the molecule is CC1CCC(CN)(N2CCN(C3CC3)CC2)CC1. The smallest absolute Gasteiger partial charge is 0.0333 e. The molecule has 18 heavy (non-hydrogen) atoms. The van der Waals surface area contributed by atoms with E-state index in [0.717, 1.165) is 18.5 Å². The average Bonchev–Trinajstić information content (AvgIpc) is 3.25. The van der Waals surface area contributed by atoms with Gasteiger partial charge in [-0.2, -0.15) is 0 Å². The van der Waals surface area contributed by atoms with Gasteiger partial charge in [-0.3, -0.25) is 9.80 Å². The highest BCUT2D eigenvalue weighted by molar-refractivity contribution is 4.98. The lowest BCUT2D eigenvalue weighted by molar-refractivity contribution is 0.00329. The zero-order valence-electron chi connectivity index (χ0n) is 11.9. The Hall–Kier alpha value is -0.120. The molecule has 3 heteroatoms. The van der Waals surface area contributed by atoms with Gasteiger partial charge in [0.1, 0.15) is 0 Å². The van der Waals surface area contributed by atoms with Crippen LogP contribution in [0.4, 0.5) is 0 Å². The minimum absolute atomic E-state index is 0.349. The molecule has 1 heterocycles. The zero-order chi connectivity index (χ0) is 12.6. The third kappa shape index (κ3) is 2.45.